The zero-order chi connectivity index (χ0) is 33.9. The number of aromatic nitrogens is 2. The first kappa shape index (κ1) is 30.9. The quantitative estimate of drug-likeness (QED) is 0.154. The van der Waals surface area contributed by atoms with Gasteiger partial charge in [-0.2, -0.15) is 0 Å². The van der Waals surface area contributed by atoms with Crippen molar-refractivity contribution < 1.29 is 0 Å². The number of benzene rings is 6. The number of hydrogen-bond donors (Lipinski definition) is 0. The second-order valence-corrected chi connectivity index (χ2v) is 12.6. The molecule has 0 spiro atoms. The van der Waals surface area contributed by atoms with E-state index >= 15 is 0 Å². The summed E-state index contributed by atoms with van der Waals surface area (Å²) < 4.78 is 0. The third kappa shape index (κ3) is 5.32. The summed E-state index contributed by atoms with van der Waals surface area (Å²) in [6, 6.07) is 58.0. The lowest BCUT2D eigenvalue weighted by atomic mass is 9.66. The lowest BCUT2D eigenvalue weighted by Gasteiger charge is -2.35. The Kier molecular flexibility index (Phi) is 8.20. The van der Waals surface area contributed by atoms with Crippen LogP contribution in [0, 0.1) is 0 Å². The van der Waals surface area contributed by atoms with Gasteiger partial charge >= 0.3 is 0 Å². The summed E-state index contributed by atoms with van der Waals surface area (Å²) in [6.45, 7) is 6.19. The van der Waals surface area contributed by atoms with Crippen molar-refractivity contribution in [1.29, 1.82) is 0 Å². The third-order valence-corrected chi connectivity index (χ3v) is 9.67. The highest BCUT2D eigenvalue weighted by atomic mass is 14.9. The monoisotopic (exact) mass is 640 g/mol. The van der Waals surface area contributed by atoms with Crippen molar-refractivity contribution in [2.45, 2.75) is 12.3 Å². The van der Waals surface area contributed by atoms with Gasteiger partial charge in [-0.3, -0.25) is 0 Å². The number of fused-ring (bicyclic) bond motifs is 3. The fraction of sp³-hybridized carbons (Fsp3) is 0.0417. The molecule has 1 heterocycles. The summed E-state index contributed by atoms with van der Waals surface area (Å²) in [5.74, 6) is 0.704. The average molecular weight is 641 g/mol. The van der Waals surface area contributed by atoms with Gasteiger partial charge in [-0.05, 0) is 63.6 Å². The second kappa shape index (κ2) is 13.3. The molecule has 6 aromatic carbocycles. The molecule has 0 N–H and O–H groups in total. The van der Waals surface area contributed by atoms with E-state index in [4.69, 9.17) is 9.97 Å². The Bertz CT molecular complexity index is 2310. The van der Waals surface area contributed by atoms with Crippen LogP contribution < -0.4 is 0 Å². The largest absolute Gasteiger partial charge is 0.228 e. The predicted molar refractivity (Wildman–Crippen MR) is 209 cm³/mol. The van der Waals surface area contributed by atoms with Crippen LogP contribution in [0.15, 0.2) is 200 Å². The summed E-state index contributed by atoms with van der Waals surface area (Å²) >= 11 is 0. The van der Waals surface area contributed by atoms with E-state index in [0.29, 0.717) is 5.82 Å². The summed E-state index contributed by atoms with van der Waals surface area (Å²) in [7, 11) is 0. The van der Waals surface area contributed by atoms with E-state index in [0.717, 1.165) is 39.2 Å². The molecule has 1 unspecified atom stereocenters. The maximum absolute atomic E-state index is 5.05. The molecule has 0 radical (unpaired) electrons. The van der Waals surface area contributed by atoms with E-state index in [1.165, 1.54) is 33.4 Å². The molecule has 238 valence electrons. The molecular weight excluding hydrogens is 605 g/mol. The van der Waals surface area contributed by atoms with Crippen LogP contribution >= 0.6 is 0 Å². The van der Waals surface area contributed by atoms with Gasteiger partial charge in [0.2, 0.25) is 0 Å². The van der Waals surface area contributed by atoms with E-state index in [-0.39, 0.29) is 0 Å². The Labute approximate surface area is 294 Å². The highest BCUT2D eigenvalue weighted by Gasteiger charge is 2.46. The molecule has 50 heavy (non-hydrogen) atoms. The highest BCUT2D eigenvalue weighted by Crippen LogP contribution is 2.57. The second-order valence-electron chi connectivity index (χ2n) is 12.6. The normalized spacial score (nSPS) is 15.1. The first-order valence-corrected chi connectivity index (χ1v) is 17.1. The Morgan fingerprint density at radius 3 is 1.68 bits per heavy atom. The fourth-order valence-corrected chi connectivity index (χ4v) is 7.45. The highest BCUT2D eigenvalue weighted by molar-refractivity contribution is 5.89. The Balaban J connectivity index is 1.26. The van der Waals surface area contributed by atoms with E-state index in [1.807, 2.05) is 42.5 Å². The lowest BCUT2D eigenvalue weighted by molar-refractivity contribution is 0.767. The van der Waals surface area contributed by atoms with Crippen LogP contribution in [-0.4, -0.2) is 9.97 Å². The maximum atomic E-state index is 5.05. The van der Waals surface area contributed by atoms with Crippen molar-refractivity contribution in [3.05, 3.63) is 217 Å². The molecule has 1 aliphatic rings. The number of nitrogens with zero attached hydrogens (tertiary/aromatic N) is 2. The first-order chi connectivity index (χ1) is 24.7. The summed E-state index contributed by atoms with van der Waals surface area (Å²) in [5, 5.41) is 0. The van der Waals surface area contributed by atoms with E-state index < -0.39 is 5.41 Å². The smallest absolute Gasteiger partial charge is 0.160 e. The Hall–Kier alpha value is -6.38. The van der Waals surface area contributed by atoms with Crippen molar-refractivity contribution in [3.8, 4) is 56.2 Å². The van der Waals surface area contributed by atoms with Crippen LogP contribution in [-0.2, 0) is 5.41 Å². The Morgan fingerprint density at radius 2 is 1.06 bits per heavy atom. The first-order valence-electron chi connectivity index (χ1n) is 17.1. The molecule has 7 aromatic rings. The van der Waals surface area contributed by atoms with Gasteiger partial charge in [0.1, 0.15) is 0 Å². The number of allylic oxidation sites excluding steroid dienone is 5. The minimum atomic E-state index is -0.497. The molecule has 1 atom stereocenters. The Morgan fingerprint density at radius 1 is 0.520 bits per heavy atom. The van der Waals surface area contributed by atoms with Gasteiger partial charge in [0.25, 0.3) is 0 Å². The lowest BCUT2D eigenvalue weighted by Crippen LogP contribution is -2.29. The topological polar surface area (TPSA) is 25.8 Å². The minimum Gasteiger partial charge on any atom is -0.228 e. The van der Waals surface area contributed by atoms with E-state index in [1.54, 1.807) is 0 Å². The van der Waals surface area contributed by atoms with E-state index in [9.17, 15) is 0 Å². The summed E-state index contributed by atoms with van der Waals surface area (Å²) in [4.78, 5) is 10.1. The van der Waals surface area contributed by atoms with Gasteiger partial charge < -0.3 is 0 Å². The molecule has 1 aromatic heterocycles. The van der Waals surface area contributed by atoms with Gasteiger partial charge in [-0.1, -0.05) is 183 Å². The molecule has 8 rings (SSSR count). The van der Waals surface area contributed by atoms with Crippen LogP contribution in [0.4, 0.5) is 0 Å². The molecule has 2 heteroatoms. The standard InChI is InChI=1S/C48H36N2/c1-3-16-39(17-4-2)48(40-22-12-7-13-23-40)43-25-15-14-24-41(43)42-31-30-38(32-44(42)48)34-26-28-37(29-27-34)47-49-45(35-18-8-5-9-19-35)33-46(50-47)36-20-10-6-11-21-36/h3-33H,1H2,2H3/b17-4-,39-16+. The minimum absolute atomic E-state index is 0.497. The van der Waals surface area contributed by atoms with Crippen LogP contribution in [0.5, 0.6) is 0 Å². The fourth-order valence-electron chi connectivity index (χ4n) is 7.45. The van der Waals surface area contributed by atoms with Gasteiger partial charge in [0, 0.05) is 16.7 Å². The van der Waals surface area contributed by atoms with Crippen molar-refractivity contribution in [2.24, 2.45) is 0 Å². The molecule has 0 amide bonds. The van der Waals surface area contributed by atoms with Gasteiger partial charge in [-0.25, -0.2) is 9.97 Å². The number of hydrogen-bond acceptors (Lipinski definition) is 2. The van der Waals surface area contributed by atoms with Crippen molar-refractivity contribution in [2.75, 3.05) is 0 Å². The molecule has 0 saturated carbocycles. The zero-order valence-corrected chi connectivity index (χ0v) is 28.0. The van der Waals surface area contributed by atoms with Gasteiger partial charge in [-0.15, -0.1) is 0 Å². The summed E-state index contributed by atoms with van der Waals surface area (Å²) in [5.41, 5.74) is 14.2. The summed E-state index contributed by atoms with van der Waals surface area (Å²) in [6.07, 6.45) is 8.42. The van der Waals surface area contributed by atoms with Crippen molar-refractivity contribution >= 4 is 0 Å². The molecule has 1 aliphatic carbocycles. The molecule has 0 saturated heterocycles. The average Bonchev–Trinajstić information content (AvgIpc) is 3.49. The van der Waals surface area contributed by atoms with E-state index in [2.05, 4.69) is 159 Å². The van der Waals surface area contributed by atoms with Crippen LogP contribution in [0.1, 0.15) is 23.6 Å². The molecule has 0 fully saturated rings. The van der Waals surface area contributed by atoms with Gasteiger partial charge in [0.15, 0.2) is 5.82 Å². The molecule has 2 nitrogen and oxygen atoms in total. The molecular formula is C48H36N2. The molecule has 0 aliphatic heterocycles. The van der Waals surface area contributed by atoms with Crippen molar-refractivity contribution in [3.63, 3.8) is 0 Å². The van der Waals surface area contributed by atoms with Crippen molar-refractivity contribution in [1.82, 2.24) is 9.97 Å². The van der Waals surface area contributed by atoms with Crippen LogP contribution in [0.3, 0.4) is 0 Å². The third-order valence-electron chi connectivity index (χ3n) is 9.67. The zero-order valence-electron chi connectivity index (χ0n) is 28.0. The predicted octanol–water partition coefficient (Wildman–Crippen LogP) is 12.1. The SMILES string of the molecule is C=C/C=C(\C=C/C)C1(c2ccccc2)c2ccccc2-c2ccc(-c3ccc(-c4nc(-c5ccccc5)cc(-c5ccccc5)n4)cc3)cc21. The van der Waals surface area contributed by atoms with Gasteiger partial charge in [0.05, 0.1) is 16.8 Å². The number of rotatable bonds is 8. The maximum Gasteiger partial charge on any atom is 0.160 e. The van der Waals surface area contributed by atoms with Crippen LogP contribution in [0.25, 0.3) is 56.2 Å². The molecule has 0 bridgehead atoms. The van der Waals surface area contributed by atoms with Crippen LogP contribution in [0.2, 0.25) is 0 Å².